The van der Waals surface area contributed by atoms with Gasteiger partial charge in [0.05, 0.1) is 28.9 Å². The summed E-state index contributed by atoms with van der Waals surface area (Å²) in [6.45, 7) is 1.34. The Morgan fingerprint density at radius 1 is 0.842 bits per heavy atom. The lowest BCUT2D eigenvalue weighted by atomic mass is 10.1. The number of rotatable bonds is 9. The van der Waals surface area contributed by atoms with Crippen LogP contribution in [0.15, 0.2) is 119 Å². The van der Waals surface area contributed by atoms with Crippen molar-refractivity contribution in [2.45, 2.75) is 18.4 Å². The van der Waals surface area contributed by atoms with E-state index in [0.717, 1.165) is 5.56 Å². The number of amides is 1. The van der Waals surface area contributed by atoms with E-state index in [0.29, 0.717) is 11.3 Å². The molecule has 0 saturated heterocycles. The van der Waals surface area contributed by atoms with Crippen LogP contribution in [-0.2, 0) is 21.4 Å². The predicted octanol–water partition coefficient (Wildman–Crippen LogP) is 4.77. The number of carbonyl (C=O) groups is 2. The number of nitrogens with zero attached hydrogens (tertiary/aromatic N) is 2. The molecule has 1 amide bonds. The van der Waals surface area contributed by atoms with Gasteiger partial charge in [0.15, 0.2) is 0 Å². The highest BCUT2D eigenvalue weighted by atomic mass is 32.2. The van der Waals surface area contributed by atoms with Crippen LogP contribution in [-0.4, -0.2) is 26.5 Å². The van der Waals surface area contributed by atoms with Gasteiger partial charge in [-0.1, -0.05) is 60.7 Å². The molecule has 38 heavy (non-hydrogen) atoms. The van der Waals surface area contributed by atoms with Gasteiger partial charge in [-0.3, -0.25) is 13.9 Å². The zero-order valence-electron chi connectivity index (χ0n) is 20.5. The van der Waals surface area contributed by atoms with E-state index in [2.05, 4.69) is 10.5 Å². The van der Waals surface area contributed by atoms with Crippen LogP contribution >= 0.6 is 0 Å². The molecular weight excluding hydrogens is 502 g/mol. The highest BCUT2D eigenvalue weighted by Crippen LogP contribution is 2.29. The molecule has 1 N–H and O–H groups in total. The van der Waals surface area contributed by atoms with E-state index < -0.39 is 21.9 Å². The summed E-state index contributed by atoms with van der Waals surface area (Å²) in [5.41, 5.74) is 4.25. The summed E-state index contributed by atoms with van der Waals surface area (Å²) in [6, 6.07) is 30.3. The highest BCUT2D eigenvalue weighted by molar-refractivity contribution is 7.92. The molecule has 8 nitrogen and oxygen atoms in total. The van der Waals surface area contributed by atoms with Crippen LogP contribution in [0.3, 0.4) is 0 Å². The van der Waals surface area contributed by atoms with Gasteiger partial charge in [-0.2, -0.15) is 5.10 Å². The topological polar surface area (TPSA) is 105 Å². The van der Waals surface area contributed by atoms with Crippen molar-refractivity contribution >= 4 is 33.8 Å². The molecule has 0 bridgehead atoms. The third kappa shape index (κ3) is 6.51. The first-order chi connectivity index (χ1) is 18.3. The number of sulfonamides is 1. The lowest BCUT2D eigenvalue weighted by Crippen LogP contribution is -2.33. The third-order valence-electron chi connectivity index (χ3n) is 5.44. The van der Waals surface area contributed by atoms with E-state index in [9.17, 15) is 18.0 Å². The molecule has 192 valence electrons. The van der Waals surface area contributed by atoms with Crippen LogP contribution in [0.25, 0.3) is 0 Å². The highest BCUT2D eigenvalue weighted by Gasteiger charge is 2.28. The van der Waals surface area contributed by atoms with Gasteiger partial charge in [0.2, 0.25) is 0 Å². The maximum atomic E-state index is 13.7. The van der Waals surface area contributed by atoms with Crippen molar-refractivity contribution in [2.75, 3.05) is 4.31 Å². The number of esters is 1. The molecule has 9 heteroatoms. The van der Waals surface area contributed by atoms with Crippen molar-refractivity contribution in [2.24, 2.45) is 5.10 Å². The smallest absolute Gasteiger partial charge is 0.308 e. The Balaban J connectivity index is 1.62. The van der Waals surface area contributed by atoms with Crippen LogP contribution in [0.1, 0.15) is 28.4 Å². The van der Waals surface area contributed by atoms with Crippen LogP contribution in [0.2, 0.25) is 0 Å². The molecule has 0 atom stereocenters. The van der Waals surface area contributed by atoms with Gasteiger partial charge < -0.3 is 4.74 Å². The molecule has 0 aromatic heterocycles. The number of benzene rings is 4. The van der Waals surface area contributed by atoms with E-state index in [4.69, 9.17) is 4.74 Å². The summed E-state index contributed by atoms with van der Waals surface area (Å²) < 4.78 is 33.7. The minimum Gasteiger partial charge on any atom is -0.427 e. The molecule has 0 unspecified atom stereocenters. The van der Waals surface area contributed by atoms with Crippen LogP contribution in [0.5, 0.6) is 5.75 Å². The quantitative estimate of drug-likeness (QED) is 0.146. The zero-order chi connectivity index (χ0) is 27.0. The molecule has 0 aliphatic carbocycles. The van der Waals surface area contributed by atoms with Crippen molar-refractivity contribution in [1.82, 2.24) is 5.43 Å². The third-order valence-corrected chi connectivity index (χ3v) is 7.21. The second-order valence-electron chi connectivity index (χ2n) is 8.19. The minimum absolute atomic E-state index is 0.0281. The Morgan fingerprint density at radius 2 is 1.45 bits per heavy atom. The molecular formula is C29H25N3O5S. The van der Waals surface area contributed by atoms with Crippen molar-refractivity contribution in [1.29, 1.82) is 0 Å². The minimum atomic E-state index is -4.01. The zero-order valence-corrected chi connectivity index (χ0v) is 21.3. The fourth-order valence-electron chi connectivity index (χ4n) is 3.67. The summed E-state index contributed by atoms with van der Waals surface area (Å²) in [5, 5.41) is 4.01. The maximum absolute atomic E-state index is 13.7. The fraction of sp³-hybridized carbons (Fsp3) is 0.0690. The van der Waals surface area contributed by atoms with Gasteiger partial charge in [0.25, 0.3) is 15.9 Å². The van der Waals surface area contributed by atoms with E-state index >= 15 is 0 Å². The van der Waals surface area contributed by atoms with Gasteiger partial charge in [-0.25, -0.2) is 13.8 Å². The second kappa shape index (κ2) is 12.0. The second-order valence-corrected chi connectivity index (χ2v) is 10.1. The molecule has 0 spiro atoms. The molecule has 0 heterocycles. The van der Waals surface area contributed by atoms with E-state index in [-0.39, 0.29) is 22.7 Å². The van der Waals surface area contributed by atoms with Crippen LogP contribution in [0.4, 0.5) is 5.69 Å². The molecule has 0 aliphatic heterocycles. The maximum Gasteiger partial charge on any atom is 0.308 e. The number of para-hydroxylation sites is 1. The summed E-state index contributed by atoms with van der Waals surface area (Å²) in [4.78, 5) is 24.3. The van der Waals surface area contributed by atoms with Crippen LogP contribution in [0, 0.1) is 0 Å². The number of hydrogen-bond donors (Lipinski definition) is 1. The molecule has 4 rings (SSSR count). The summed E-state index contributed by atoms with van der Waals surface area (Å²) in [5.74, 6) is -0.603. The van der Waals surface area contributed by atoms with Crippen molar-refractivity contribution in [3.05, 3.63) is 126 Å². The normalized spacial score (nSPS) is 11.2. The van der Waals surface area contributed by atoms with E-state index in [1.54, 1.807) is 66.7 Å². The number of ether oxygens (including phenoxy) is 1. The molecule has 0 aliphatic rings. The molecule has 4 aromatic rings. The van der Waals surface area contributed by atoms with Gasteiger partial charge >= 0.3 is 5.97 Å². The summed E-state index contributed by atoms with van der Waals surface area (Å²) in [6.07, 6.45) is 1.43. The van der Waals surface area contributed by atoms with Gasteiger partial charge in [-0.15, -0.1) is 0 Å². The predicted molar refractivity (Wildman–Crippen MR) is 146 cm³/mol. The molecule has 0 fully saturated rings. The first-order valence-electron chi connectivity index (χ1n) is 11.7. The first-order valence-corrected chi connectivity index (χ1v) is 13.1. The first kappa shape index (κ1) is 26.3. The number of hydrazone groups is 1. The number of nitrogens with one attached hydrogen (secondary N) is 1. The molecule has 4 aromatic carbocycles. The van der Waals surface area contributed by atoms with Crippen molar-refractivity contribution in [3.63, 3.8) is 0 Å². The van der Waals surface area contributed by atoms with Crippen LogP contribution < -0.4 is 14.5 Å². The Labute approximate surface area is 221 Å². The van der Waals surface area contributed by atoms with E-state index in [1.165, 1.54) is 29.6 Å². The number of hydrogen-bond acceptors (Lipinski definition) is 6. The lowest BCUT2D eigenvalue weighted by molar-refractivity contribution is -0.131. The van der Waals surface area contributed by atoms with Gasteiger partial charge in [-0.05, 0) is 59.7 Å². The van der Waals surface area contributed by atoms with Gasteiger partial charge in [0, 0.05) is 6.92 Å². The largest absolute Gasteiger partial charge is 0.427 e. The monoisotopic (exact) mass is 527 g/mol. The number of carbonyl (C=O) groups excluding carboxylic acids is 2. The Kier molecular flexibility index (Phi) is 8.30. The Morgan fingerprint density at radius 3 is 2.11 bits per heavy atom. The van der Waals surface area contributed by atoms with Gasteiger partial charge in [0.1, 0.15) is 5.75 Å². The Hall–Kier alpha value is -4.76. The molecule has 0 saturated carbocycles. The lowest BCUT2D eigenvalue weighted by Gasteiger charge is -2.26. The standard InChI is InChI=1S/C29H25N3O5S/c1-22(33)37-25-18-16-23(17-19-25)20-30-31-29(34)27-14-8-9-15-28(27)32(21-24-10-4-2-5-11-24)38(35,36)26-12-6-3-7-13-26/h2-20H,21H2,1H3,(H,31,34)/b30-20+. The van der Waals surface area contributed by atoms with Crippen molar-refractivity contribution in [3.8, 4) is 5.75 Å². The average Bonchev–Trinajstić information content (AvgIpc) is 2.93. The SMILES string of the molecule is CC(=O)Oc1ccc(/C=N/NC(=O)c2ccccc2N(Cc2ccccc2)S(=O)(=O)c2ccccc2)cc1. The fourth-order valence-corrected chi connectivity index (χ4v) is 5.16. The molecule has 0 radical (unpaired) electrons. The average molecular weight is 528 g/mol. The summed E-state index contributed by atoms with van der Waals surface area (Å²) >= 11 is 0. The Bertz CT molecular complexity index is 1540. The summed E-state index contributed by atoms with van der Waals surface area (Å²) in [7, 11) is -4.01. The van der Waals surface area contributed by atoms with E-state index in [1.807, 2.05) is 30.3 Å². The van der Waals surface area contributed by atoms with Crippen molar-refractivity contribution < 1.29 is 22.7 Å². The number of anilines is 1.